The van der Waals surface area contributed by atoms with Crippen molar-refractivity contribution in [3.8, 4) is 0 Å². The van der Waals surface area contributed by atoms with Gasteiger partial charge in [0, 0.05) is 31.2 Å². The van der Waals surface area contributed by atoms with Gasteiger partial charge in [0.05, 0.1) is 5.92 Å². The summed E-state index contributed by atoms with van der Waals surface area (Å²) in [5.74, 6) is -0.866. The Kier molecular flexibility index (Phi) is 4.05. The molecule has 2 aliphatic rings. The molecule has 4 nitrogen and oxygen atoms in total. The molecular weight excluding hydrogens is 216 g/mol. The first-order valence-electron chi connectivity index (χ1n) is 6.80. The number of carboxylic acids is 1. The Morgan fingerprint density at radius 1 is 1.24 bits per heavy atom. The van der Waals surface area contributed by atoms with Crippen LogP contribution in [0.1, 0.15) is 39.5 Å². The molecule has 4 atom stereocenters. The van der Waals surface area contributed by atoms with Crippen LogP contribution in [-0.2, 0) is 4.79 Å². The van der Waals surface area contributed by atoms with E-state index in [0.717, 1.165) is 13.0 Å². The molecule has 0 radical (unpaired) electrons. The molecule has 2 N–H and O–H groups in total. The third-order valence-electron chi connectivity index (χ3n) is 4.36. The van der Waals surface area contributed by atoms with Crippen molar-refractivity contribution < 1.29 is 9.90 Å². The summed E-state index contributed by atoms with van der Waals surface area (Å²) in [6.07, 6.45) is 4.61. The molecule has 0 aromatic heterocycles. The largest absolute Gasteiger partial charge is 0.481 e. The van der Waals surface area contributed by atoms with Crippen LogP contribution in [0.15, 0.2) is 0 Å². The number of nitrogens with zero attached hydrogens (tertiary/aromatic N) is 1. The monoisotopic (exact) mass is 240 g/mol. The summed E-state index contributed by atoms with van der Waals surface area (Å²) in [5, 5.41) is 12.4. The van der Waals surface area contributed by atoms with Crippen LogP contribution in [0.5, 0.6) is 0 Å². The molecule has 4 heteroatoms. The molecule has 2 aliphatic heterocycles. The van der Waals surface area contributed by atoms with E-state index in [-0.39, 0.29) is 5.92 Å². The van der Waals surface area contributed by atoms with E-state index in [0.29, 0.717) is 24.7 Å². The molecule has 0 saturated carbocycles. The minimum Gasteiger partial charge on any atom is -0.481 e. The molecule has 2 rings (SSSR count). The zero-order valence-corrected chi connectivity index (χ0v) is 10.9. The second-order valence-corrected chi connectivity index (χ2v) is 5.66. The van der Waals surface area contributed by atoms with Gasteiger partial charge in [0.15, 0.2) is 0 Å². The first-order chi connectivity index (χ1) is 8.09. The maximum Gasteiger partial charge on any atom is 0.307 e. The number of piperidine rings is 2. The highest BCUT2D eigenvalue weighted by Crippen LogP contribution is 2.28. The van der Waals surface area contributed by atoms with Crippen molar-refractivity contribution in [3.63, 3.8) is 0 Å². The number of aliphatic carboxylic acids is 1. The molecule has 0 spiro atoms. The zero-order chi connectivity index (χ0) is 12.4. The van der Waals surface area contributed by atoms with Gasteiger partial charge in [-0.1, -0.05) is 6.42 Å². The van der Waals surface area contributed by atoms with E-state index in [1.807, 2.05) is 0 Å². The van der Waals surface area contributed by atoms with Crippen molar-refractivity contribution in [3.05, 3.63) is 0 Å². The molecule has 17 heavy (non-hydrogen) atoms. The lowest BCUT2D eigenvalue weighted by Gasteiger charge is -2.46. The van der Waals surface area contributed by atoms with Crippen LogP contribution in [0.4, 0.5) is 0 Å². The SMILES string of the molecule is C[C@@H]1CCC[C@H](C)N1[C@@H]1CNC[C@H](C(=O)O)C1. The summed E-state index contributed by atoms with van der Waals surface area (Å²) < 4.78 is 0. The Bertz CT molecular complexity index is 273. The Balaban J connectivity index is 2.02. The molecule has 0 aromatic rings. The predicted molar refractivity (Wildman–Crippen MR) is 67.0 cm³/mol. The van der Waals surface area contributed by atoms with Crippen LogP contribution in [0, 0.1) is 5.92 Å². The standard InChI is InChI=1S/C13H24N2O2/c1-9-4-3-5-10(2)15(9)12-6-11(13(16)17)7-14-8-12/h9-12,14H,3-8H2,1-2H3,(H,16,17)/t9-,10+,11-,12+/m1/s1. The van der Waals surface area contributed by atoms with Crippen molar-refractivity contribution >= 4 is 5.97 Å². The lowest BCUT2D eigenvalue weighted by molar-refractivity contribution is -0.143. The highest BCUT2D eigenvalue weighted by atomic mass is 16.4. The normalized spacial score (nSPS) is 40.1. The van der Waals surface area contributed by atoms with Crippen LogP contribution in [0.3, 0.4) is 0 Å². The molecule has 0 aromatic carbocycles. The minimum atomic E-state index is -0.653. The molecule has 2 fully saturated rings. The van der Waals surface area contributed by atoms with Crippen LogP contribution in [0.25, 0.3) is 0 Å². The van der Waals surface area contributed by atoms with Gasteiger partial charge in [-0.15, -0.1) is 0 Å². The highest BCUT2D eigenvalue weighted by molar-refractivity contribution is 5.70. The molecule has 0 amide bonds. The fourth-order valence-corrected chi connectivity index (χ4v) is 3.50. The van der Waals surface area contributed by atoms with Gasteiger partial charge in [-0.2, -0.15) is 0 Å². The third kappa shape index (κ3) is 2.80. The number of carbonyl (C=O) groups is 1. The van der Waals surface area contributed by atoms with Gasteiger partial charge in [0.2, 0.25) is 0 Å². The smallest absolute Gasteiger partial charge is 0.307 e. The van der Waals surface area contributed by atoms with E-state index in [1.165, 1.54) is 19.3 Å². The first-order valence-corrected chi connectivity index (χ1v) is 6.80. The van der Waals surface area contributed by atoms with Gasteiger partial charge >= 0.3 is 5.97 Å². The number of carboxylic acid groups (broad SMARTS) is 1. The zero-order valence-electron chi connectivity index (χ0n) is 10.9. The maximum atomic E-state index is 11.1. The van der Waals surface area contributed by atoms with E-state index >= 15 is 0 Å². The van der Waals surface area contributed by atoms with Gasteiger partial charge < -0.3 is 10.4 Å². The Morgan fingerprint density at radius 3 is 2.47 bits per heavy atom. The van der Waals surface area contributed by atoms with E-state index in [9.17, 15) is 4.79 Å². The average molecular weight is 240 g/mol. The summed E-state index contributed by atoms with van der Waals surface area (Å²) in [5.41, 5.74) is 0. The van der Waals surface area contributed by atoms with E-state index < -0.39 is 5.97 Å². The maximum absolute atomic E-state index is 11.1. The number of rotatable bonds is 2. The predicted octanol–water partition coefficient (Wildman–Crippen LogP) is 1.31. The van der Waals surface area contributed by atoms with Crippen LogP contribution in [0.2, 0.25) is 0 Å². The van der Waals surface area contributed by atoms with Crippen molar-refractivity contribution in [1.82, 2.24) is 10.2 Å². The minimum absolute atomic E-state index is 0.213. The average Bonchev–Trinajstić information content (AvgIpc) is 2.29. The van der Waals surface area contributed by atoms with Gasteiger partial charge in [0.25, 0.3) is 0 Å². The highest BCUT2D eigenvalue weighted by Gasteiger charge is 2.35. The lowest BCUT2D eigenvalue weighted by atomic mass is 9.89. The number of nitrogens with one attached hydrogen (secondary N) is 1. The summed E-state index contributed by atoms with van der Waals surface area (Å²) in [6.45, 7) is 6.13. The van der Waals surface area contributed by atoms with E-state index in [4.69, 9.17) is 5.11 Å². The Morgan fingerprint density at radius 2 is 1.88 bits per heavy atom. The lowest BCUT2D eigenvalue weighted by Crippen LogP contribution is -2.57. The van der Waals surface area contributed by atoms with Gasteiger partial charge in [-0.3, -0.25) is 9.69 Å². The summed E-state index contributed by atoms with van der Waals surface area (Å²) in [7, 11) is 0. The molecule has 2 heterocycles. The van der Waals surface area contributed by atoms with Crippen molar-refractivity contribution in [1.29, 1.82) is 0 Å². The molecular formula is C13H24N2O2. The molecule has 2 saturated heterocycles. The van der Waals surface area contributed by atoms with Crippen LogP contribution in [-0.4, -0.2) is 47.2 Å². The van der Waals surface area contributed by atoms with Crippen molar-refractivity contribution in [2.45, 2.75) is 57.7 Å². The van der Waals surface area contributed by atoms with Crippen LogP contribution < -0.4 is 5.32 Å². The number of hydrogen-bond donors (Lipinski definition) is 2. The topological polar surface area (TPSA) is 52.6 Å². The summed E-state index contributed by atoms with van der Waals surface area (Å²) in [4.78, 5) is 13.6. The number of likely N-dealkylation sites (tertiary alicyclic amines) is 1. The fraction of sp³-hybridized carbons (Fsp3) is 0.923. The fourth-order valence-electron chi connectivity index (χ4n) is 3.50. The Hall–Kier alpha value is -0.610. The summed E-state index contributed by atoms with van der Waals surface area (Å²) >= 11 is 0. The molecule has 0 aliphatic carbocycles. The van der Waals surface area contributed by atoms with Gasteiger partial charge in [0.1, 0.15) is 0 Å². The number of hydrogen-bond acceptors (Lipinski definition) is 3. The molecule has 0 bridgehead atoms. The van der Waals surface area contributed by atoms with Crippen molar-refractivity contribution in [2.24, 2.45) is 5.92 Å². The van der Waals surface area contributed by atoms with Gasteiger partial charge in [-0.05, 0) is 33.1 Å². The van der Waals surface area contributed by atoms with E-state index in [2.05, 4.69) is 24.1 Å². The first kappa shape index (κ1) is 12.8. The Labute approximate surface area is 103 Å². The molecule has 0 unspecified atom stereocenters. The van der Waals surface area contributed by atoms with Crippen LogP contribution >= 0.6 is 0 Å². The third-order valence-corrected chi connectivity index (χ3v) is 4.36. The summed E-state index contributed by atoms with van der Waals surface area (Å²) in [6, 6.07) is 1.59. The second-order valence-electron chi connectivity index (χ2n) is 5.66. The van der Waals surface area contributed by atoms with E-state index in [1.54, 1.807) is 0 Å². The molecule has 98 valence electrons. The quantitative estimate of drug-likeness (QED) is 0.764. The van der Waals surface area contributed by atoms with Gasteiger partial charge in [-0.25, -0.2) is 0 Å². The van der Waals surface area contributed by atoms with Crippen molar-refractivity contribution in [2.75, 3.05) is 13.1 Å². The second kappa shape index (κ2) is 5.36.